The quantitative estimate of drug-likeness (QED) is 0.627. The number of methoxy groups -OCH3 is 1. The summed E-state index contributed by atoms with van der Waals surface area (Å²) in [4.78, 5) is 11.1. The van der Waals surface area contributed by atoms with Crippen LogP contribution in [0, 0.1) is 0 Å². The normalized spacial score (nSPS) is 15.1. The fraction of sp³-hybridized carbons (Fsp3) is 0.889. The number of aliphatic hydroxyl groups is 1. The highest BCUT2D eigenvalue weighted by Gasteiger charge is 2.18. The summed E-state index contributed by atoms with van der Waals surface area (Å²) >= 11 is 0. The first kappa shape index (κ1) is 12.4. The summed E-state index contributed by atoms with van der Waals surface area (Å²) in [5.74, 6) is -0.324. The zero-order valence-corrected chi connectivity index (χ0v) is 8.45. The molecule has 0 aliphatic carbocycles. The van der Waals surface area contributed by atoms with Crippen molar-refractivity contribution in [3.8, 4) is 0 Å². The molecule has 0 saturated heterocycles. The van der Waals surface area contributed by atoms with Gasteiger partial charge in [-0.25, -0.2) is 0 Å². The molecule has 2 unspecified atom stereocenters. The maximum Gasteiger partial charge on any atom is 0.308 e. The Morgan fingerprint density at radius 1 is 1.54 bits per heavy atom. The molecule has 0 saturated carbocycles. The molecular weight excluding hydrogens is 172 g/mol. The topological polar surface area (TPSA) is 55.8 Å². The molecular formula is C9H18O4. The number of carbonyl (C=O) groups is 1. The minimum Gasteiger partial charge on any atom is -0.466 e. The maximum absolute atomic E-state index is 11.1. The molecule has 0 fully saturated rings. The van der Waals surface area contributed by atoms with Gasteiger partial charge >= 0.3 is 5.97 Å². The van der Waals surface area contributed by atoms with Crippen LogP contribution in [0.3, 0.4) is 0 Å². The molecule has 13 heavy (non-hydrogen) atoms. The van der Waals surface area contributed by atoms with E-state index in [1.807, 2.05) is 6.92 Å². The molecule has 0 aromatic rings. The van der Waals surface area contributed by atoms with E-state index in [0.29, 0.717) is 6.61 Å². The Balaban J connectivity index is 3.73. The van der Waals surface area contributed by atoms with Crippen LogP contribution in [0.2, 0.25) is 0 Å². The molecule has 0 aliphatic heterocycles. The molecule has 0 aromatic carbocycles. The molecule has 4 nitrogen and oxygen atoms in total. The first-order valence-electron chi connectivity index (χ1n) is 4.48. The second-order valence-electron chi connectivity index (χ2n) is 2.94. The summed E-state index contributed by atoms with van der Waals surface area (Å²) in [6.45, 7) is 3.94. The van der Waals surface area contributed by atoms with E-state index in [1.54, 1.807) is 6.92 Å². The number of rotatable bonds is 6. The largest absolute Gasteiger partial charge is 0.466 e. The van der Waals surface area contributed by atoms with Crippen LogP contribution in [0.25, 0.3) is 0 Å². The van der Waals surface area contributed by atoms with Gasteiger partial charge < -0.3 is 14.6 Å². The van der Waals surface area contributed by atoms with Crippen LogP contribution in [0.5, 0.6) is 0 Å². The van der Waals surface area contributed by atoms with Gasteiger partial charge in [-0.3, -0.25) is 4.79 Å². The van der Waals surface area contributed by atoms with Crippen LogP contribution in [-0.2, 0) is 14.3 Å². The average molecular weight is 190 g/mol. The van der Waals surface area contributed by atoms with E-state index < -0.39 is 12.2 Å². The first-order chi connectivity index (χ1) is 6.11. The van der Waals surface area contributed by atoms with Crippen LogP contribution in [0.15, 0.2) is 0 Å². The molecule has 2 atom stereocenters. The highest BCUT2D eigenvalue weighted by molar-refractivity contribution is 5.70. The lowest BCUT2D eigenvalue weighted by molar-refractivity contribution is -0.148. The van der Waals surface area contributed by atoms with E-state index in [1.165, 1.54) is 7.11 Å². The lowest BCUT2D eigenvalue weighted by Crippen LogP contribution is -2.28. The van der Waals surface area contributed by atoms with E-state index in [9.17, 15) is 4.79 Å². The number of carbonyl (C=O) groups excluding carboxylic acids is 1. The van der Waals surface area contributed by atoms with E-state index >= 15 is 0 Å². The van der Waals surface area contributed by atoms with Gasteiger partial charge in [0.2, 0.25) is 0 Å². The zero-order valence-electron chi connectivity index (χ0n) is 8.45. The minimum absolute atomic E-state index is 0.105. The van der Waals surface area contributed by atoms with Crippen molar-refractivity contribution in [2.75, 3.05) is 13.7 Å². The van der Waals surface area contributed by atoms with Crippen molar-refractivity contribution in [2.24, 2.45) is 0 Å². The summed E-state index contributed by atoms with van der Waals surface area (Å²) in [6.07, 6.45) is -0.213. The fourth-order valence-corrected chi connectivity index (χ4v) is 0.890. The third-order valence-corrected chi connectivity index (χ3v) is 1.68. The van der Waals surface area contributed by atoms with Gasteiger partial charge in [0.1, 0.15) is 0 Å². The van der Waals surface area contributed by atoms with Crippen molar-refractivity contribution >= 4 is 5.97 Å². The lowest BCUT2D eigenvalue weighted by Gasteiger charge is -2.16. The molecule has 0 aliphatic rings. The predicted octanol–water partition coefficient (Wildman–Crippen LogP) is 0.726. The number of ether oxygens (including phenoxy) is 2. The third-order valence-electron chi connectivity index (χ3n) is 1.68. The number of hydrogen-bond donors (Lipinski definition) is 1. The summed E-state index contributed by atoms with van der Waals surface area (Å²) in [5.41, 5.74) is 0. The Bertz CT molecular complexity index is 145. The second kappa shape index (κ2) is 6.86. The summed E-state index contributed by atoms with van der Waals surface area (Å²) in [7, 11) is 1.46. The van der Waals surface area contributed by atoms with Gasteiger partial charge in [0.05, 0.1) is 25.2 Å². The third kappa shape index (κ3) is 5.60. The Hall–Kier alpha value is -0.610. The standard InChI is InChI=1S/C9H18O4/c1-4-5-13-9(11)6-8(12-3)7(2)10/h7-8,10H,4-6H2,1-3H3. The van der Waals surface area contributed by atoms with Gasteiger partial charge in [0.15, 0.2) is 0 Å². The Morgan fingerprint density at radius 2 is 2.15 bits per heavy atom. The smallest absolute Gasteiger partial charge is 0.308 e. The fourth-order valence-electron chi connectivity index (χ4n) is 0.890. The molecule has 0 radical (unpaired) electrons. The van der Waals surface area contributed by atoms with Gasteiger partial charge in [0, 0.05) is 7.11 Å². The molecule has 0 amide bonds. The van der Waals surface area contributed by atoms with Crippen molar-refractivity contribution in [2.45, 2.75) is 38.9 Å². The van der Waals surface area contributed by atoms with Crippen LogP contribution < -0.4 is 0 Å². The summed E-state index contributed by atoms with van der Waals surface area (Å²) in [5, 5.41) is 9.15. The van der Waals surface area contributed by atoms with Gasteiger partial charge in [0.25, 0.3) is 0 Å². The molecule has 0 aromatic heterocycles. The molecule has 78 valence electrons. The molecule has 4 heteroatoms. The number of aliphatic hydroxyl groups excluding tert-OH is 1. The van der Waals surface area contributed by atoms with E-state index in [4.69, 9.17) is 14.6 Å². The highest BCUT2D eigenvalue weighted by Crippen LogP contribution is 2.04. The number of hydrogen-bond acceptors (Lipinski definition) is 4. The summed E-state index contributed by atoms with van der Waals surface area (Å²) < 4.78 is 9.76. The highest BCUT2D eigenvalue weighted by atomic mass is 16.5. The molecule has 0 rings (SSSR count). The Labute approximate surface area is 78.8 Å². The van der Waals surface area contributed by atoms with E-state index in [2.05, 4.69) is 0 Å². The zero-order chi connectivity index (χ0) is 10.3. The van der Waals surface area contributed by atoms with Crippen molar-refractivity contribution in [3.63, 3.8) is 0 Å². The van der Waals surface area contributed by atoms with Gasteiger partial charge in [-0.2, -0.15) is 0 Å². The van der Waals surface area contributed by atoms with Crippen LogP contribution in [0.4, 0.5) is 0 Å². The Morgan fingerprint density at radius 3 is 2.54 bits per heavy atom. The molecule has 0 spiro atoms. The monoisotopic (exact) mass is 190 g/mol. The van der Waals surface area contributed by atoms with Crippen molar-refractivity contribution < 1.29 is 19.4 Å². The van der Waals surface area contributed by atoms with E-state index in [-0.39, 0.29) is 12.4 Å². The van der Waals surface area contributed by atoms with Crippen LogP contribution >= 0.6 is 0 Å². The van der Waals surface area contributed by atoms with E-state index in [0.717, 1.165) is 6.42 Å². The van der Waals surface area contributed by atoms with Crippen molar-refractivity contribution in [1.82, 2.24) is 0 Å². The van der Waals surface area contributed by atoms with Crippen LogP contribution in [0.1, 0.15) is 26.7 Å². The SMILES string of the molecule is CCCOC(=O)CC(OC)C(C)O. The minimum atomic E-state index is -0.654. The van der Waals surface area contributed by atoms with Gasteiger partial charge in [-0.1, -0.05) is 6.92 Å². The first-order valence-corrected chi connectivity index (χ1v) is 4.48. The predicted molar refractivity (Wildman–Crippen MR) is 48.3 cm³/mol. The Kier molecular flexibility index (Phi) is 6.54. The molecule has 1 N–H and O–H groups in total. The summed E-state index contributed by atoms with van der Waals surface area (Å²) in [6, 6.07) is 0. The lowest BCUT2D eigenvalue weighted by atomic mass is 10.1. The van der Waals surface area contributed by atoms with Crippen molar-refractivity contribution in [1.29, 1.82) is 0 Å². The second-order valence-corrected chi connectivity index (χ2v) is 2.94. The average Bonchev–Trinajstić information content (AvgIpc) is 2.10. The molecule has 0 heterocycles. The number of esters is 1. The van der Waals surface area contributed by atoms with Crippen molar-refractivity contribution in [3.05, 3.63) is 0 Å². The van der Waals surface area contributed by atoms with Crippen LogP contribution in [-0.4, -0.2) is 37.0 Å². The maximum atomic E-state index is 11.1. The molecule has 0 bridgehead atoms. The van der Waals surface area contributed by atoms with Gasteiger partial charge in [-0.15, -0.1) is 0 Å². The van der Waals surface area contributed by atoms with Gasteiger partial charge in [-0.05, 0) is 13.3 Å².